The Bertz CT molecular complexity index is 1800. The number of amides is 3. The second kappa shape index (κ2) is 13.5. The molecule has 3 amide bonds. The van der Waals surface area contributed by atoms with Crippen LogP contribution in [0.25, 0.3) is 22.0 Å². The number of rotatable bonds is 9. The zero-order chi connectivity index (χ0) is 32.2. The van der Waals surface area contributed by atoms with E-state index >= 15 is 0 Å². The molecule has 6 rings (SSSR count). The molecule has 3 heterocycles. The van der Waals surface area contributed by atoms with E-state index in [4.69, 9.17) is 0 Å². The number of para-hydroxylation sites is 2. The minimum Gasteiger partial charge on any atom is -0.368 e. The van der Waals surface area contributed by atoms with Gasteiger partial charge in [0.1, 0.15) is 6.04 Å². The smallest absolute Gasteiger partial charge is 0.318 e. The van der Waals surface area contributed by atoms with Gasteiger partial charge in [-0.2, -0.15) is 5.10 Å². The van der Waals surface area contributed by atoms with E-state index in [1.54, 1.807) is 15.8 Å². The molecule has 10 heteroatoms. The number of aromatic amines is 1. The maximum atomic E-state index is 14.4. The number of aryl methyl sites for hydroxylation is 1. The normalized spacial score (nSPS) is 14.8. The third-order valence-corrected chi connectivity index (χ3v) is 8.72. The second-order valence-electron chi connectivity index (χ2n) is 12.3. The van der Waals surface area contributed by atoms with Crippen molar-refractivity contribution in [2.75, 3.05) is 50.5 Å². The van der Waals surface area contributed by atoms with Crippen molar-refractivity contribution in [3.63, 3.8) is 0 Å². The molecule has 1 aliphatic rings. The highest BCUT2D eigenvalue weighted by Crippen LogP contribution is 2.32. The maximum absolute atomic E-state index is 14.4. The van der Waals surface area contributed by atoms with Crippen LogP contribution < -0.4 is 15.5 Å². The lowest BCUT2D eigenvalue weighted by molar-refractivity contribution is -0.118. The molecule has 0 unspecified atom stereocenters. The van der Waals surface area contributed by atoms with Crippen molar-refractivity contribution < 1.29 is 9.59 Å². The molecule has 46 heavy (non-hydrogen) atoms. The summed E-state index contributed by atoms with van der Waals surface area (Å²) in [5.41, 5.74) is 6.62. The van der Waals surface area contributed by atoms with Gasteiger partial charge in [0.25, 0.3) is 0 Å². The van der Waals surface area contributed by atoms with Crippen molar-refractivity contribution in [1.29, 1.82) is 0 Å². The summed E-state index contributed by atoms with van der Waals surface area (Å²) in [4.78, 5) is 37.7. The van der Waals surface area contributed by atoms with Crippen LogP contribution in [0.5, 0.6) is 0 Å². The van der Waals surface area contributed by atoms with E-state index in [9.17, 15) is 9.59 Å². The molecule has 2 aromatic heterocycles. The molecule has 1 fully saturated rings. The van der Waals surface area contributed by atoms with Gasteiger partial charge in [-0.05, 0) is 49.5 Å². The number of urea groups is 1. The largest absolute Gasteiger partial charge is 0.368 e. The van der Waals surface area contributed by atoms with E-state index in [1.807, 2.05) is 95.1 Å². The van der Waals surface area contributed by atoms with E-state index in [0.29, 0.717) is 18.8 Å². The van der Waals surface area contributed by atoms with Gasteiger partial charge in [-0.25, -0.2) is 4.79 Å². The average Bonchev–Trinajstić information content (AvgIpc) is 3.70. The minimum absolute atomic E-state index is 0.242. The highest BCUT2D eigenvalue weighted by molar-refractivity contribution is 6.01. The summed E-state index contributed by atoms with van der Waals surface area (Å²) in [6.07, 6.45) is 5.66. The number of hydrogen-bond donors (Lipinski definition) is 3. The first-order valence-electron chi connectivity index (χ1n) is 15.8. The summed E-state index contributed by atoms with van der Waals surface area (Å²) < 4.78 is 1.74. The first-order valence-corrected chi connectivity index (χ1v) is 15.8. The lowest BCUT2D eigenvalue weighted by Crippen LogP contribution is -2.56. The van der Waals surface area contributed by atoms with Crippen LogP contribution in [0.2, 0.25) is 0 Å². The Morgan fingerprint density at radius 3 is 2.43 bits per heavy atom. The average molecular weight is 619 g/mol. The second-order valence-corrected chi connectivity index (χ2v) is 12.3. The van der Waals surface area contributed by atoms with Crippen molar-refractivity contribution in [2.45, 2.75) is 25.4 Å². The summed E-state index contributed by atoms with van der Waals surface area (Å²) in [6.45, 7) is 5.29. The van der Waals surface area contributed by atoms with Crippen molar-refractivity contribution in [3.05, 3.63) is 103 Å². The molecule has 3 N–H and O–H groups in total. The Morgan fingerprint density at radius 2 is 1.72 bits per heavy atom. The van der Waals surface area contributed by atoms with Gasteiger partial charge in [0.05, 0.1) is 6.20 Å². The van der Waals surface area contributed by atoms with Crippen molar-refractivity contribution >= 4 is 34.2 Å². The SMILES string of the molecule is C[C@@H](c1c[nH]c2ccccc12)[C@@H](NC(=O)N1CCN(c2ccccc2)CC1)C(=O)Nc1cc(CN(C)C)ccc1-c1cnn(C)c1. The molecular formula is C36H42N8O2. The van der Waals surface area contributed by atoms with Crippen LogP contribution in [0, 0.1) is 0 Å². The van der Waals surface area contributed by atoms with E-state index < -0.39 is 6.04 Å². The Balaban J connectivity index is 1.28. The Morgan fingerprint density at radius 1 is 0.978 bits per heavy atom. The summed E-state index contributed by atoms with van der Waals surface area (Å²) in [5.74, 6) is -0.598. The van der Waals surface area contributed by atoms with Gasteiger partial charge >= 0.3 is 6.03 Å². The van der Waals surface area contributed by atoms with Crippen LogP contribution >= 0.6 is 0 Å². The monoisotopic (exact) mass is 618 g/mol. The van der Waals surface area contributed by atoms with Crippen LogP contribution in [0.3, 0.4) is 0 Å². The molecule has 2 atom stereocenters. The van der Waals surface area contributed by atoms with Gasteiger partial charge < -0.3 is 30.3 Å². The van der Waals surface area contributed by atoms with E-state index in [1.165, 1.54) is 0 Å². The number of anilines is 2. The Labute approximate surface area is 270 Å². The van der Waals surface area contributed by atoms with Gasteiger partial charge in [0.2, 0.25) is 5.91 Å². The lowest BCUT2D eigenvalue weighted by Gasteiger charge is -2.37. The lowest BCUT2D eigenvalue weighted by atomic mass is 9.92. The number of hydrogen-bond acceptors (Lipinski definition) is 5. The zero-order valence-electron chi connectivity index (χ0n) is 26.9. The molecule has 0 bridgehead atoms. The molecule has 1 saturated heterocycles. The molecule has 1 aliphatic heterocycles. The number of nitrogens with zero attached hydrogens (tertiary/aromatic N) is 5. The fraction of sp³-hybridized carbons (Fsp3) is 0.306. The first kappa shape index (κ1) is 30.9. The number of benzene rings is 3. The number of aromatic nitrogens is 3. The molecule has 5 aromatic rings. The zero-order valence-corrected chi connectivity index (χ0v) is 26.9. The molecule has 238 valence electrons. The predicted molar refractivity (Wildman–Crippen MR) is 184 cm³/mol. The number of fused-ring (bicyclic) bond motifs is 1. The third kappa shape index (κ3) is 6.77. The summed E-state index contributed by atoms with van der Waals surface area (Å²) in [6, 6.07) is 23.3. The number of nitrogens with one attached hydrogen (secondary N) is 3. The highest BCUT2D eigenvalue weighted by Gasteiger charge is 2.32. The van der Waals surface area contributed by atoms with Gasteiger partial charge in [-0.15, -0.1) is 0 Å². The van der Waals surface area contributed by atoms with Gasteiger partial charge in [-0.1, -0.05) is 55.5 Å². The van der Waals surface area contributed by atoms with Gasteiger partial charge in [0.15, 0.2) is 0 Å². The number of carbonyl (C=O) groups excluding carboxylic acids is 2. The van der Waals surface area contributed by atoms with Crippen LogP contribution in [-0.4, -0.2) is 82.8 Å². The van der Waals surface area contributed by atoms with E-state index in [2.05, 4.69) is 48.7 Å². The summed E-state index contributed by atoms with van der Waals surface area (Å²) in [5, 5.41) is 11.7. The van der Waals surface area contributed by atoms with Crippen molar-refractivity contribution in [3.8, 4) is 11.1 Å². The molecule has 0 radical (unpaired) electrons. The van der Waals surface area contributed by atoms with Gasteiger partial charge in [-0.3, -0.25) is 9.48 Å². The van der Waals surface area contributed by atoms with E-state index in [-0.39, 0.29) is 17.9 Å². The fourth-order valence-electron chi connectivity index (χ4n) is 6.28. The van der Waals surface area contributed by atoms with Crippen LogP contribution in [0.15, 0.2) is 91.4 Å². The standard InChI is InChI=1S/C36H42N8O2/c1-25(31-22-37-32-13-9-8-12-30(31)32)34(40-36(46)44-18-16-43(17-19-44)28-10-6-5-7-11-28)35(45)39-33-20-26(23-41(2)3)14-15-29(33)27-21-38-42(4)24-27/h5-15,20-22,24-25,34,37H,16-19,23H2,1-4H3,(H,39,45)(H,40,46)/t25-,34+/m0/s1. The Hall–Kier alpha value is -5.09. The highest BCUT2D eigenvalue weighted by atomic mass is 16.2. The van der Waals surface area contributed by atoms with Crippen molar-refractivity contribution in [2.24, 2.45) is 7.05 Å². The Kier molecular flexibility index (Phi) is 9.07. The molecule has 3 aromatic carbocycles. The van der Waals surface area contributed by atoms with Crippen molar-refractivity contribution in [1.82, 2.24) is 29.9 Å². The number of piperazine rings is 1. The van der Waals surface area contributed by atoms with E-state index in [0.717, 1.165) is 58.5 Å². The summed E-state index contributed by atoms with van der Waals surface area (Å²) >= 11 is 0. The molecule has 10 nitrogen and oxygen atoms in total. The van der Waals surface area contributed by atoms with Crippen LogP contribution in [-0.2, 0) is 18.4 Å². The van der Waals surface area contributed by atoms with Crippen LogP contribution in [0.1, 0.15) is 24.0 Å². The molecular weight excluding hydrogens is 576 g/mol. The summed E-state index contributed by atoms with van der Waals surface area (Å²) in [7, 11) is 5.90. The van der Waals surface area contributed by atoms with Crippen LogP contribution in [0.4, 0.5) is 16.2 Å². The quantitative estimate of drug-likeness (QED) is 0.209. The number of H-pyrrole nitrogens is 1. The minimum atomic E-state index is -0.835. The predicted octanol–water partition coefficient (Wildman–Crippen LogP) is 5.27. The topological polar surface area (TPSA) is 102 Å². The molecule has 0 spiro atoms. The first-order chi connectivity index (χ1) is 22.3. The fourth-order valence-corrected chi connectivity index (χ4v) is 6.28. The van der Waals surface area contributed by atoms with Gasteiger partial charge in [0, 0.05) is 91.5 Å². The number of carbonyl (C=O) groups is 2. The molecule has 0 saturated carbocycles. The maximum Gasteiger partial charge on any atom is 0.318 e. The third-order valence-electron chi connectivity index (χ3n) is 8.72. The molecule has 0 aliphatic carbocycles.